The van der Waals surface area contributed by atoms with Crippen molar-refractivity contribution < 1.29 is 13.9 Å². The Labute approximate surface area is 150 Å². The molecular weight excluding hydrogens is 331 g/mol. The summed E-state index contributed by atoms with van der Waals surface area (Å²) >= 11 is 0. The summed E-state index contributed by atoms with van der Waals surface area (Å²) < 4.78 is 19.1. The minimum absolute atomic E-state index is 0.162. The van der Waals surface area contributed by atoms with Crippen molar-refractivity contribution in [2.75, 3.05) is 7.11 Å². The first-order valence-electron chi connectivity index (χ1n) is 8.33. The van der Waals surface area contributed by atoms with Crippen LogP contribution in [0.5, 0.6) is 5.75 Å². The number of fused-ring (bicyclic) bond motifs is 3. The van der Waals surface area contributed by atoms with Gasteiger partial charge in [-0.25, -0.2) is 4.98 Å². The second-order valence-corrected chi connectivity index (χ2v) is 6.21. The van der Waals surface area contributed by atoms with Gasteiger partial charge in [-0.15, -0.1) is 0 Å². The Balaban J connectivity index is 1.51. The number of pyridine rings is 1. The number of hydrogen-bond donors (Lipinski definition) is 1. The molecule has 1 aromatic heterocycles. The number of hydrogen-bond acceptors (Lipinski definition) is 3. The molecule has 0 aliphatic heterocycles. The highest BCUT2D eigenvalue weighted by Gasteiger charge is 2.23. The van der Waals surface area contributed by atoms with E-state index in [1.807, 2.05) is 42.5 Å². The maximum atomic E-state index is 13.9. The number of methoxy groups -OCH3 is 1. The van der Waals surface area contributed by atoms with Gasteiger partial charge in [0.2, 0.25) is 5.95 Å². The third-order valence-corrected chi connectivity index (χ3v) is 4.62. The van der Waals surface area contributed by atoms with Gasteiger partial charge in [-0.05, 0) is 52.6 Å². The van der Waals surface area contributed by atoms with Gasteiger partial charge in [0.15, 0.2) is 0 Å². The van der Waals surface area contributed by atoms with Crippen LogP contribution in [0.2, 0.25) is 0 Å². The Morgan fingerprint density at radius 3 is 2.92 bits per heavy atom. The van der Waals surface area contributed by atoms with Gasteiger partial charge in [0.1, 0.15) is 5.75 Å². The number of halogens is 1. The first-order valence-corrected chi connectivity index (χ1v) is 8.33. The zero-order valence-electron chi connectivity index (χ0n) is 14.3. The number of nitrogens with one attached hydrogen (secondary N) is 1. The zero-order valence-corrected chi connectivity index (χ0v) is 14.3. The molecule has 5 heteroatoms. The van der Waals surface area contributed by atoms with Gasteiger partial charge >= 0.3 is 0 Å². The summed E-state index contributed by atoms with van der Waals surface area (Å²) in [6, 6.07) is 14.8. The largest absolute Gasteiger partial charge is 0.497 e. The van der Waals surface area contributed by atoms with E-state index in [9.17, 15) is 9.18 Å². The Kier molecular flexibility index (Phi) is 4.13. The molecule has 0 fully saturated rings. The van der Waals surface area contributed by atoms with Crippen molar-refractivity contribution >= 4 is 5.91 Å². The van der Waals surface area contributed by atoms with Gasteiger partial charge in [-0.3, -0.25) is 4.79 Å². The van der Waals surface area contributed by atoms with Gasteiger partial charge in [0.25, 0.3) is 5.91 Å². The monoisotopic (exact) mass is 348 g/mol. The zero-order chi connectivity index (χ0) is 18.1. The molecule has 4 rings (SSSR count). The highest BCUT2D eigenvalue weighted by Crippen LogP contribution is 2.37. The number of amides is 1. The quantitative estimate of drug-likeness (QED) is 0.572. The number of rotatable bonds is 4. The number of aromatic nitrogens is 1. The van der Waals surface area contributed by atoms with E-state index in [0.717, 1.165) is 28.0 Å². The van der Waals surface area contributed by atoms with Crippen molar-refractivity contribution in [2.24, 2.45) is 0 Å². The van der Waals surface area contributed by atoms with E-state index in [2.05, 4.69) is 10.3 Å². The normalized spacial score (nSPS) is 11.6. The van der Waals surface area contributed by atoms with Crippen LogP contribution in [-0.2, 0) is 13.0 Å². The summed E-state index contributed by atoms with van der Waals surface area (Å²) in [6.07, 6.45) is 1.93. The SMILES string of the molecule is COc1cccc(CNC(=O)c2ccc3c(c2)Cc2c-3ccnc2F)c1. The summed E-state index contributed by atoms with van der Waals surface area (Å²) in [5, 5.41) is 2.91. The standard InChI is InChI=1S/C21H17FN2O2/c1-26-16-4-2-3-13(9-16)12-24-21(25)14-5-6-17-15(10-14)11-19-18(17)7-8-23-20(19)22/h2-10H,11-12H2,1H3,(H,24,25). The lowest BCUT2D eigenvalue weighted by atomic mass is 10.0. The Morgan fingerprint density at radius 1 is 1.19 bits per heavy atom. The average molecular weight is 348 g/mol. The van der Waals surface area contributed by atoms with Crippen LogP contribution >= 0.6 is 0 Å². The van der Waals surface area contributed by atoms with E-state index in [1.54, 1.807) is 13.2 Å². The van der Waals surface area contributed by atoms with Crippen LogP contribution in [0.15, 0.2) is 54.7 Å². The minimum atomic E-state index is -0.442. The molecule has 130 valence electrons. The molecule has 0 radical (unpaired) electrons. The van der Waals surface area contributed by atoms with Crippen molar-refractivity contribution in [1.82, 2.24) is 10.3 Å². The Hall–Kier alpha value is -3.21. The number of carbonyl (C=O) groups is 1. The van der Waals surface area contributed by atoms with Crippen LogP contribution in [0.3, 0.4) is 0 Å². The lowest BCUT2D eigenvalue weighted by molar-refractivity contribution is 0.0951. The van der Waals surface area contributed by atoms with Crippen molar-refractivity contribution in [3.8, 4) is 16.9 Å². The van der Waals surface area contributed by atoms with E-state index >= 15 is 0 Å². The highest BCUT2D eigenvalue weighted by atomic mass is 19.1. The van der Waals surface area contributed by atoms with Gasteiger partial charge in [-0.2, -0.15) is 4.39 Å². The molecule has 0 unspecified atom stereocenters. The molecule has 0 bridgehead atoms. The molecule has 0 atom stereocenters. The first-order chi connectivity index (χ1) is 12.7. The molecule has 1 aliphatic rings. The average Bonchev–Trinajstić information content (AvgIpc) is 3.05. The molecule has 1 heterocycles. The van der Waals surface area contributed by atoms with Crippen molar-refractivity contribution in [1.29, 1.82) is 0 Å². The third kappa shape index (κ3) is 2.92. The summed E-state index contributed by atoms with van der Waals surface area (Å²) in [7, 11) is 1.61. The van der Waals surface area contributed by atoms with Crippen molar-refractivity contribution in [2.45, 2.75) is 13.0 Å². The molecule has 1 N–H and O–H groups in total. The smallest absolute Gasteiger partial charge is 0.251 e. The fourth-order valence-electron chi connectivity index (χ4n) is 3.29. The summed E-state index contributed by atoms with van der Waals surface area (Å²) in [5.41, 5.74) is 4.88. The molecule has 4 nitrogen and oxygen atoms in total. The molecule has 1 amide bonds. The number of nitrogens with zero attached hydrogens (tertiary/aromatic N) is 1. The Bertz CT molecular complexity index is 1000. The summed E-state index contributed by atoms with van der Waals surface area (Å²) in [6.45, 7) is 0.409. The van der Waals surface area contributed by atoms with Gasteiger partial charge < -0.3 is 10.1 Å². The van der Waals surface area contributed by atoms with Gasteiger partial charge in [-0.1, -0.05) is 18.2 Å². The molecule has 0 saturated heterocycles. The van der Waals surface area contributed by atoms with E-state index in [4.69, 9.17) is 4.74 Å². The molecule has 26 heavy (non-hydrogen) atoms. The fourth-order valence-corrected chi connectivity index (χ4v) is 3.29. The highest BCUT2D eigenvalue weighted by molar-refractivity contribution is 5.95. The van der Waals surface area contributed by atoms with Crippen LogP contribution in [0.1, 0.15) is 27.0 Å². The van der Waals surface area contributed by atoms with E-state index in [-0.39, 0.29) is 5.91 Å². The topological polar surface area (TPSA) is 51.2 Å². The van der Waals surface area contributed by atoms with Crippen LogP contribution < -0.4 is 10.1 Å². The number of carbonyl (C=O) groups excluding carboxylic acids is 1. The second kappa shape index (κ2) is 6.59. The maximum absolute atomic E-state index is 13.9. The molecular formula is C21H17FN2O2. The lowest BCUT2D eigenvalue weighted by Crippen LogP contribution is -2.22. The van der Waals surface area contributed by atoms with E-state index < -0.39 is 5.95 Å². The number of ether oxygens (including phenoxy) is 1. The fraction of sp³-hybridized carbons (Fsp3) is 0.143. The summed E-state index contributed by atoms with van der Waals surface area (Å²) in [5.74, 6) is 0.149. The number of benzene rings is 2. The Morgan fingerprint density at radius 2 is 2.08 bits per heavy atom. The minimum Gasteiger partial charge on any atom is -0.497 e. The maximum Gasteiger partial charge on any atom is 0.251 e. The van der Waals surface area contributed by atoms with E-state index in [1.165, 1.54) is 6.20 Å². The van der Waals surface area contributed by atoms with Gasteiger partial charge in [0, 0.05) is 30.3 Å². The van der Waals surface area contributed by atoms with E-state index in [0.29, 0.717) is 24.1 Å². The molecule has 2 aromatic carbocycles. The summed E-state index contributed by atoms with van der Waals surface area (Å²) in [4.78, 5) is 16.2. The molecule has 0 spiro atoms. The second-order valence-electron chi connectivity index (χ2n) is 6.21. The predicted octanol–water partition coefficient (Wildman–Crippen LogP) is 3.73. The van der Waals surface area contributed by atoms with Crippen molar-refractivity contribution in [3.63, 3.8) is 0 Å². The van der Waals surface area contributed by atoms with Crippen LogP contribution in [-0.4, -0.2) is 18.0 Å². The first kappa shape index (κ1) is 16.3. The van der Waals surface area contributed by atoms with Crippen molar-refractivity contribution in [3.05, 3.63) is 82.9 Å². The lowest BCUT2D eigenvalue weighted by Gasteiger charge is -2.08. The van der Waals surface area contributed by atoms with Crippen LogP contribution in [0.25, 0.3) is 11.1 Å². The molecule has 0 saturated carbocycles. The van der Waals surface area contributed by atoms with Crippen LogP contribution in [0.4, 0.5) is 4.39 Å². The third-order valence-electron chi connectivity index (χ3n) is 4.62. The molecule has 3 aromatic rings. The predicted molar refractivity (Wildman–Crippen MR) is 96.6 cm³/mol. The van der Waals surface area contributed by atoms with Gasteiger partial charge in [0.05, 0.1) is 7.11 Å². The molecule has 1 aliphatic carbocycles. The van der Waals surface area contributed by atoms with Crippen LogP contribution in [0, 0.1) is 5.95 Å².